The fourth-order valence-corrected chi connectivity index (χ4v) is 1.82. The minimum Gasteiger partial charge on any atom is -0.481 e. The lowest BCUT2D eigenvalue weighted by Crippen LogP contribution is -2.03. The van der Waals surface area contributed by atoms with E-state index in [1.165, 1.54) is 5.56 Å². The number of aliphatic carboxylic acids is 1. The number of hydrogen-bond acceptors (Lipinski definition) is 3. The molecule has 0 saturated carbocycles. The number of ether oxygens (including phenoxy) is 1. The Bertz CT molecular complexity index is 454. The van der Waals surface area contributed by atoms with Gasteiger partial charge in [0.05, 0.1) is 6.42 Å². The van der Waals surface area contributed by atoms with Crippen molar-refractivity contribution < 1.29 is 14.6 Å². The number of aryl methyl sites for hydroxylation is 1. The minimum atomic E-state index is -0.824. The summed E-state index contributed by atoms with van der Waals surface area (Å²) in [7, 11) is 0. The van der Waals surface area contributed by atoms with Gasteiger partial charge in [-0.3, -0.25) is 4.79 Å². The Kier molecular flexibility index (Phi) is 3.42. The summed E-state index contributed by atoms with van der Waals surface area (Å²) in [6, 6.07) is 8.14. The van der Waals surface area contributed by atoms with Crippen LogP contribution in [0.5, 0.6) is 0 Å². The molecule has 1 unspecified atom stereocenters. The third kappa shape index (κ3) is 3.06. The average molecular weight is 233 g/mol. The van der Waals surface area contributed by atoms with Crippen LogP contribution in [0, 0.1) is 6.92 Å². The van der Waals surface area contributed by atoms with E-state index in [0.717, 1.165) is 5.56 Å². The second-order valence-corrected chi connectivity index (χ2v) is 4.16. The molecule has 1 aromatic rings. The molecule has 1 N–H and O–H groups in total. The van der Waals surface area contributed by atoms with E-state index < -0.39 is 5.97 Å². The Balaban J connectivity index is 2.03. The zero-order chi connectivity index (χ0) is 12.3. The number of rotatable bonds is 4. The average Bonchev–Trinajstić information content (AvgIpc) is 2.75. The summed E-state index contributed by atoms with van der Waals surface area (Å²) in [4.78, 5) is 14.8. The summed E-state index contributed by atoms with van der Waals surface area (Å²) in [6.07, 6.45) is 0.441. The van der Waals surface area contributed by atoms with Crippen LogP contribution in [0.15, 0.2) is 29.3 Å². The first-order valence-electron chi connectivity index (χ1n) is 5.63. The predicted octanol–water partition coefficient (Wildman–Crippen LogP) is 2.33. The number of carboxylic acids is 1. The van der Waals surface area contributed by atoms with Crippen LogP contribution in [-0.4, -0.2) is 23.6 Å². The molecule has 1 aromatic carbocycles. The lowest BCUT2D eigenvalue weighted by molar-refractivity contribution is -0.136. The summed E-state index contributed by atoms with van der Waals surface area (Å²) in [5.41, 5.74) is 2.31. The number of carbonyl (C=O) groups is 1. The molecule has 2 rings (SSSR count). The van der Waals surface area contributed by atoms with Crippen LogP contribution in [0.3, 0.4) is 0 Å². The first kappa shape index (κ1) is 11.6. The molecule has 0 aliphatic carbocycles. The maximum atomic E-state index is 10.4. The Morgan fingerprint density at radius 3 is 3.12 bits per heavy atom. The number of carboxylic acid groups (broad SMARTS) is 1. The van der Waals surface area contributed by atoms with E-state index in [9.17, 15) is 4.79 Å². The Morgan fingerprint density at radius 2 is 2.41 bits per heavy atom. The fraction of sp³-hybridized carbons (Fsp3) is 0.385. The molecule has 1 aliphatic heterocycles. The molecule has 17 heavy (non-hydrogen) atoms. The largest absolute Gasteiger partial charge is 0.481 e. The monoisotopic (exact) mass is 233 g/mol. The van der Waals surface area contributed by atoms with Crippen molar-refractivity contribution in [2.75, 3.05) is 6.61 Å². The van der Waals surface area contributed by atoms with Gasteiger partial charge in [0.15, 0.2) is 5.90 Å². The van der Waals surface area contributed by atoms with Gasteiger partial charge in [-0.1, -0.05) is 29.8 Å². The molecule has 1 aliphatic rings. The highest BCUT2D eigenvalue weighted by atomic mass is 16.5. The second-order valence-electron chi connectivity index (χ2n) is 4.16. The number of benzene rings is 1. The highest BCUT2D eigenvalue weighted by Crippen LogP contribution is 2.24. The van der Waals surface area contributed by atoms with E-state index >= 15 is 0 Å². The van der Waals surface area contributed by atoms with Crippen molar-refractivity contribution in [3.63, 3.8) is 0 Å². The predicted molar refractivity (Wildman–Crippen MR) is 64.2 cm³/mol. The van der Waals surface area contributed by atoms with Gasteiger partial charge in [0, 0.05) is 6.42 Å². The van der Waals surface area contributed by atoms with E-state index in [4.69, 9.17) is 9.84 Å². The molecule has 0 radical (unpaired) electrons. The second kappa shape index (κ2) is 4.99. The summed E-state index contributed by atoms with van der Waals surface area (Å²) in [5.74, 6) is -0.269. The topological polar surface area (TPSA) is 58.9 Å². The normalized spacial score (nSPS) is 18.6. The molecule has 0 saturated heterocycles. The van der Waals surface area contributed by atoms with Crippen LogP contribution < -0.4 is 0 Å². The molecule has 1 heterocycles. The van der Waals surface area contributed by atoms with E-state index in [-0.39, 0.29) is 12.5 Å². The molecule has 90 valence electrons. The third-order valence-electron chi connectivity index (χ3n) is 2.69. The minimum absolute atomic E-state index is 0.0127. The van der Waals surface area contributed by atoms with Crippen molar-refractivity contribution >= 4 is 11.9 Å². The summed E-state index contributed by atoms with van der Waals surface area (Å²) in [6.45, 7) is 2.55. The van der Waals surface area contributed by atoms with Gasteiger partial charge in [-0.05, 0) is 12.5 Å². The quantitative estimate of drug-likeness (QED) is 0.868. The smallest absolute Gasteiger partial charge is 0.303 e. The summed E-state index contributed by atoms with van der Waals surface area (Å²) in [5, 5.41) is 8.58. The molecular weight excluding hydrogens is 218 g/mol. The number of aliphatic imine (C=N–C) groups is 1. The summed E-state index contributed by atoms with van der Waals surface area (Å²) >= 11 is 0. The van der Waals surface area contributed by atoms with Gasteiger partial charge in [0.25, 0.3) is 0 Å². The van der Waals surface area contributed by atoms with Gasteiger partial charge >= 0.3 is 5.97 Å². The van der Waals surface area contributed by atoms with Crippen molar-refractivity contribution in [1.82, 2.24) is 0 Å². The highest BCUT2D eigenvalue weighted by Gasteiger charge is 2.20. The molecule has 1 atom stereocenters. The molecule has 4 nitrogen and oxygen atoms in total. The van der Waals surface area contributed by atoms with Crippen LogP contribution >= 0.6 is 0 Å². The molecular formula is C13H15NO3. The van der Waals surface area contributed by atoms with Crippen LogP contribution in [0.1, 0.15) is 30.0 Å². The number of hydrogen-bond donors (Lipinski definition) is 1. The van der Waals surface area contributed by atoms with Gasteiger partial charge in [0.2, 0.25) is 0 Å². The number of nitrogens with zero attached hydrogens (tertiary/aromatic N) is 1. The van der Waals surface area contributed by atoms with Crippen LogP contribution in [0.2, 0.25) is 0 Å². The molecule has 4 heteroatoms. The molecule has 0 spiro atoms. The Morgan fingerprint density at radius 1 is 1.59 bits per heavy atom. The van der Waals surface area contributed by atoms with Crippen LogP contribution in [0.4, 0.5) is 0 Å². The maximum Gasteiger partial charge on any atom is 0.303 e. The lowest BCUT2D eigenvalue weighted by Gasteiger charge is -2.05. The van der Waals surface area contributed by atoms with Crippen molar-refractivity contribution in [3.05, 3.63) is 35.4 Å². The van der Waals surface area contributed by atoms with Gasteiger partial charge in [-0.25, -0.2) is 4.99 Å². The van der Waals surface area contributed by atoms with Gasteiger partial charge in [-0.15, -0.1) is 0 Å². The fourth-order valence-electron chi connectivity index (χ4n) is 1.82. The van der Waals surface area contributed by atoms with E-state index in [1.54, 1.807) is 0 Å². The maximum absolute atomic E-state index is 10.4. The molecule has 0 amide bonds. The SMILES string of the molecule is Cc1cccc(C2COC(CCC(=O)O)=N2)c1. The highest BCUT2D eigenvalue weighted by molar-refractivity contribution is 5.81. The van der Waals surface area contributed by atoms with Crippen LogP contribution in [0.25, 0.3) is 0 Å². The van der Waals surface area contributed by atoms with Crippen molar-refractivity contribution in [3.8, 4) is 0 Å². The van der Waals surface area contributed by atoms with E-state index in [1.807, 2.05) is 25.1 Å². The lowest BCUT2D eigenvalue weighted by atomic mass is 10.1. The molecule has 0 bridgehead atoms. The Labute approximate surface area is 99.9 Å². The first-order valence-corrected chi connectivity index (χ1v) is 5.63. The van der Waals surface area contributed by atoms with Gasteiger partial charge in [0.1, 0.15) is 12.6 Å². The van der Waals surface area contributed by atoms with Crippen molar-refractivity contribution in [1.29, 1.82) is 0 Å². The summed E-state index contributed by atoms with van der Waals surface area (Å²) < 4.78 is 5.40. The Hall–Kier alpha value is -1.84. The zero-order valence-electron chi connectivity index (χ0n) is 9.72. The van der Waals surface area contributed by atoms with Crippen LogP contribution in [-0.2, 0) is 9.53 Å². The third-order valence-corrected chi connectivity index (χ3v) is 2.69. The van der Waals surface area contributed by atoms with Gasteiger partial charge < -0.3 is 9.84 Å². The van der Waals surface area contributed by atoms with E-state index in [0.29, 0.717) is 18.9 Å². The van der Waals surface area contributed by atoms with Crippen molar-refractivity contribution in [2.24, 2.45) is 4.99 Å². The first-order chi connectivity index (χ1) is 8.15. The van der Waals surface area contributed by atoms with E-state index in [2.05, 4.69) is 11.1 Å². The molecule has 0 fully saturated rings. The van der Waals surface area contributed by atoms with Gasteiger partial charge in [-0.2, -0.15) is 0 Å². The standard InChI is InChI=1S/C13H15NO3/c1-9-3-2-4-10(7-9)11-8-17-12(14-11)5-6-13(15)16/h2-4,7,11H,5-6,8H2,1H3,(H,15,16). The van der Waals surface area contributed by atoms with Crippen molar-refractivity contribution in [2.45, 2.75) is 25.8 Å². The molecule has 0 aromatic heterocycles. The zero-order valence-corrected chi connectivity index (χ0v) is 9.72.